The zero-order chi connectivity index (χ0) is 12.3. The SMILES string of the molecule is Cc1ccc(C(CC(=O)O)C(C)C)cc1C. The molecule has 16 heavy (non-hydrogen) atoms. The van der Waals surface area contributed by atoms with Crippen molar-refractivity contribution in [2.24, 2.45) is 5.92 Å². The van der Waals surface area contributed by atoms with Crippen molar-refractivity contribution in [2.45, 2.75) is 40.0 Å². The van der Waals surface area contributed by atoms with Gasteiger partial charge in [-0.25, -0.2) is 0 Å². The summed E-state index contributed by atoms with van der Waals surface area (Å²) in [7, 11) is 0. The maximum Gasteiger partial charge on any atom is 0.303 e. The maximum atomic E-state index is 10.8. The normalized spacial score (nSPS) is 12.8. The van der Waals surface area contributed by atoms with E-state index in [9.17, 15) is 4.79 Å². The summed E-state index contributed by atoms with van der Waals surface area (Å²) in [5.74, 6) is -0.271. The number of hydrogen-bond acceptors (Lipinski definition) is 1. The van der Waals surface area contributed by atoms with Gasteiger partial charge in [-0.1, -0.05) is 32.0 Å². The first-order valence-corrected chi connectivity index (χ1v) is 5.70. The fraction of sp³-hybridized carbons (Fsp3) is 0.500. The predicted octanol–water partition coefficient (Wildman–Crippen LogP) is 3.52. The number of rotatable bonds is 4. The first-order valence-electron chi connectivity index (χ1n) is 5.70. The molecule has 1 rings (SSSR count). The molecule has 0 aliphatic carbocycles. The Morgan fingerprint density at radius 3 is 2.31 bits per heavy atom. The largest absolute Gasteiger partial charge is 0.481 e. The maximum absolute atomic E-state index is 10.8. The highest BCUT2D eigenvalue weighted by molar-refractivity contribution is 5.68. The van der Waals surface area contributed by atoms with Crippen LogP contribution in [0.15, 0.2) is 18.2 Å². The highest BCUT2D eigenvalue weighted by Crippen LogP contribution is 2.29. The second-order valence-corrected chi connectivity index (χ2v) is 4.79. The predicted molar refractivity (Wildman–Crippen MR) is 65.7 cm³/mol. The van der Waals surface area contributed by atoms with Crippen molar-refractivity contribution in [3.8, 4) is 0 Å². The van der Waals surface area contributed by atoms with Crippen molar-refractivity contribution in [3.63, 3.8) is 0 Å². The van der Waals surface area contributed by atoms with Gasteiger partial charge in [-0.05, 0) is 42.4 Å². The van der Waals surface area contributed by atoms with E-state index in [1.54, 1.807) is 0 Å². The molecule has 1 unspecified atom stereocenters. The van der Waals surface area contributed by atoms with Gasteiger partial charge >= 0.3 is 5.97 Å². The molecule has 1 atom stereocenters. The third-order valence-corrected chi connectivity index (χ3v) is 3.16. The molecular formula is C14H20O2. The molecule has 0 bridgehead atoms. The lowest BCUT2D eigenvalue weighted by Crippen LogP contribution is -2.12. The van der Waals surface area contributed by atoms with Crippen molar-refractivity contribution < 1.29 is 9.90 Å². The number of carboxylic acid groups (broad SMARTS) is 1. The first-order chi connectivity index (χ1) is 7.41. The van der Waals surface area contributed by atoms with Crippen LogP contribution in [0, 0.1) is 19.8 Å². The minimum absolute atomic E-state index is 0.108. The standard InChI is InChI=1S/C14H20O2/c1-9(2)13(8-14(15)16)12-6-5-10(3)11(4)7-12/h5-7,9,13H,8H2,1-4H3,(H,15,16). The van der Waals surface area contributed by atoms with E-state index in [2.05, 4.69) is 45.9 Å². The Morgan fingerprint density at radius 1 is 1.25 bits per heavy atom. The summed E-state index contributed by atoms with van der Waals surface area (Å²) in [5, 5.41) is 8.92. The number of aliphatic carboxylic acids is 1. The Morgan fingerprint density at radius 2 is 1.88 bits per heavy atom. The molecule has 0 spiro atoms. The van der Waals surface area contributed by atoms with Gasteiger partial charge < -0.3 is 5.11 Å². The molecule has 0 radical (unpaired) electrons. The van der Waals surface area contributed by atoms with Crippen LogP contribution in [0.1, 0.15) is 42.9 Å². The molecule has 0 aliphatic heterocycles. The third kappa shape index (κ3) is 3.09. The average Bonchev–Trinajstić information content (AvgIpc) is 2.18. The number of hydrogen-bond donors (Lipinski definition) is 1. The molecule has 0 saturated heterocycles. The summed E-state index contributed by atoms with van der Waals surface area (Å²) in [4.78, 5) is 10.8. The lowest BCUT2D eigenvalue weighted by Gasteiger charge is -2.20. The average molecular weight is 220 g/mol. The second kappa shape index (κ2) is 5.15. The zero-order valence-electron chi connectivity index (χ0n) is 10.4. The Kier molecular flexibility index (Phi) is 4.11. The molecule has 1 aromatic rings. The van der Waals surface area contributed by atoms with Crippen molar-refractivity contribution >= 4 is 5.97 Å². The molecule has 1 aromatic carbocycles. The minimum Gasteiger partial charge on any atom is -0.481 e. The van der Waals surface area contributed by atoms with E-state index in [1.807, 2.05) is 0 Å². The van der Waals surface area contributed by atoms with Crippen LogP contribution in [0.5, 0.6) is 0 Å². The summed E-state index contributed by atoms with van der Waals surface area (Å²) in [5.41, 5.74) is 3.62. The smallest absolute Gasteiger partial charge is 0.303 e. The van der Waals surface area contributed by atoms with Crippen molar-refractivity contribution in [3.05, 3.63) is 34.9 Å². The number of carbonyl (C=O) groups is 1. The molecular weight excluding hydrogens is 200 g/mol. The van der Waals surface area contributed by atoms with Crippen molar-refractivity contribution in [1.82, 2.24) is 0 Å². The molecule has 0 fully saturated rings. The quantitative estimate of drug-likeness (QED) is 0.843. The number of benzene rings is 1. The van der Waals surface area contributed by atoms with Gasteiger partial charge in [-0.2, -0.15) is 0 Å². The van der Waals surface area contributed by atoms with Gasteiger partial charge in [-0.3, -0.25) is 4.79 Å². The summed E-state index contributed by atoms with van der Waals surface area (Å²) in [6.07, 6.45) is 0.208. The van der Waals surface area contributed by atoms with E-state index < -0.39 is 5.97 Å². The topological polar surface area (TPSA) is 37.3 Å². The molecule has 0 aromatic heterocycles. The third-order valence-electron chi connectivity index (χ3n) is 3.16. The second-order valence-electron chi connectivity index (χ2n) is 4.79. The van der Waals surface area contributed by atoms with E-state index in [-0.39, 0.29) is 12.3 Å². The van der Waals surface area contributed by atoms with E-state index in [0.717, 1.165) is 5.56 Å². The van der Waals surface area contributed by atoms with E-state index in [0.29, 0.717) is 5.92 Å². The van der Waals surface area contributed by atoms with Crippen LogP contribution in [0.25, 0.3) is 0 Å². The molecule has 0 heterocycles. The molecule has 2 heteroatoms. The summed E-state index contributed by atoms with van der Waals surface area (Å²) < 4.78 is 0. The monoisotopic (exact) mass is 220 g/mol. The summed E-state index contributed by atoms with van der Waals surface area (Å²) in [6.45, 7) is 8.28. The molecule has 2 nitrogen and oxygen atoms in total. The number of aryl methyl sites for hydroxylation is 2. The van der Waals surface area contributed by atoms with Crippen LogP contribution in [0.2, 0.25) is 0 Å². The Labute approximate surface area is 97.3 Å². The van der Waals surface area contributed by atoms with Crippen LogP contribution in [0.3, 0.4) is 0 Å². The molecule has 0 aliphatic rings. The Hall–Kier alpha value is -1.31. The Bertz CT molecular complexity index is 380. The Balaban J connectivity index is 3.01. The minimum atomic E-state index is -0.725. The highest BCUT2D eigenvalue weighted by Gasteiger charge is 2.19. The fourth-order valence-electron chi connectivity index (χ4n) is 1.92. The van der Waals surface area contributed by atoms with Gasteiger partial charge in [0.25, 0.3) is 0 Å². The van der Waals surface area contributed by atoms with Crippen LogP contribution >= 0.6 is 0 Å². The molecule has 1 N–H and O–H groups in total. The van der Waals surface area contributed by atoms with Gasteiger partial charge in [0.05, 0.1) is 6.42 Å². The van der Waals surface area contributed by atoms with Crippen LogP contribution in [0.4, 0.5) is 0 Å². The van der Waals surface area contributed by atoms with E-state index >= 15 is 0 Å². The van der Waals surface area contributed by atoms with E-state index in [1.165, 1.54) is 11.1 Å². The molecule has 0 saturated carbocycles. The summed E-state index contributed by atoms with van der Waals surface area (Å²) in [6, 6.07) is 6.24. The zero-order valence-corrected chi connectivity index (χ0v) is 10.4. The van der Waals surface area contributed by atoms with Crippen molar-refractivity contribution in [1.29, 1.82) is 0 Å². The lowest BCUT2D eigenvalue weighted by molar-refractivity contribution is -0.137. The van der Waals surface area contributed by atoms with Crippen molar-refractivity contribution in [2.75, 3.05) is 0 Å². The molecule has 88 valence electrons. The van der Waals surface area contributed by atoms with Crippen LogP contribution in [-0.4, -0.2) is 11.1 Å². The highest BCUT2D eigenvalue weighted by atomic mass is 16.4. The lowest BCUT2D eigenvalue weighted by atomic mass is 9.84. The van der Waals surface area contributed by atoms with E-state index in [4.69, 9.17) is 5.11 Å². The van der Waals surface area contributed by atoms with Gasteiger partial charge in [0.15, 0.2) is 0 Å². The first kappa shape index (κ1) is 12.8. The van der Waals surface area contributed by atoms with Gasteiger partial charge in [0.1, 0.15) is 0 Å². The fourth-order valence-corrected chi connectivity index (χ4v) is 1.92. The molecule has 0 amide bonds. The summed E-state index contributed by atoms with van der Waals surface area (Å²) >= 11 is 0. The van der Waals surface area contributed by atoms with Crippen LogP contribution < -0.4 is 0 Å². The van der Waals surface area contributed by atoms with Gasteiger partial charge in [0.2, 0.25) is 0 Å². The number of carboxylic acids is 1. The van der Waals surface area contributed by atoms with Gasteiger partial charge in [0, 0.05) is 0 Å². The van der Waals surface area contributed by atoms with Gasteiger partial charge in [-0.15, -0.1) is 0 Å². The van der Waals surface area contributed by atoms with Crippen LogP contribution in [-0.2, 0) is 4.79 Å².